The fraction of sp³-hybridized carbons (Fsp3) is 0.0500. The fourth-order valence-electron chi connectivity index (χ4n) is 2.54. The number of para-hydroxylation sites is 3. The standard InChI is InChI=1S/C20H14ClNO4/c21-14-5-1-3-7-16(14)26-17-8-4-2-6-15(17)22-20(23)13-9-10-18-19(11-13)25-12-24-18/h1-11H,12H2,(H,22,23). The van der Waals surface area contributed by atoms with Crippen LogP contribution in [0.15, 0.2) is 66.7 Å². The zero-order valence-electron chi connectivity index (χ0n) is 13.6. The van der Waals surface area contributed by atoms with Crippen LogP contribution in [0.4, 0.5) is 5.69 Å². The molecule has 130 valence electrons. The number of amides is 1. The van der Waals surface area contributed by atoms with Gasteiger partial charge in [0.2, 0.25) is 6.79 Å². The van der Waals surface area contributed by atoms with Gasteiger partial charge in [-0.2, -0.15) is 0 Å². The predicted octanol–water partition coefficient (Wildman–Crippen LogP) is 5.11. The lowest BCUT2D eigenvalue weighted by atomic mass is 10.2. The number of rotatable bonds is 4. The largest absolute Gasteiger partial charge is 0.454 e. The highest BCUT2D eigenvalue weighted by Crippen LogP contribution is 2.35. The Morgan fingerprint density at radius 2 is 1.65 bits per heavy atom. The number of ether oxygens (including phenoxy) is 3. The number of benzene rings is 3. The highest BCUT2D eigenvalue weighted by atomic mass is 35.5. The summed E-state index contributed by atoms with van der Waals surface area (Å²) in [4.78, 5) is 12.6. The van der Waals surface area contributed by atoms with E-state index in [9.17, 15) is 4.79 Å². The molecule has 3 aromatic carbocycles. The number of carbonyl (C=O) groups is 1. The zero-order valence-corrected chi connectivity index (χ0v) is 14.3. The molecule has 26 heavy (non-hydrogen) atoms. The fourth-order valence-corrected chi connectivity index (χ4v) is 2.71. The first-order chi connectivity index (χ1) is 12.7. The van der Waals surface area contributed by atoms with Gasteiger partial charge in [0, 0.05) is 5.56 Å². The summed E-state index contributed by atoms with van der Waals surface area (Å²) in [5.74, 6) is 1.91. The summed E-state index contributed by atoms with van der Waals surface area (Å²) >= 11 is 6.14. The first-order valence-corrected chi connectivity index (χ1v) is 8.31. The molecule has 0 fully saturated rings. The molecule has 4 rings (SSSR count). The predicted molar refractivity (Wildman–Crippen MR) is 98.5 cm³/mol. The van der Waals surface area contributed by atoms with E-state index in [0.29, 0.717) is 39.3 Å². The van der Waals surface area contributed by atoms with Crippen molar-refractivity contribution in [3.63, 3.8) is 0 Å². The van der Waals surface area contributed by atoms with Crippen LogP contribution in [0.1, 0.15) is 10.4 Å². The molecule has 0 aliphatic carbocycles. The highest BCUT2D eigenvalue weighted by molar-refractivity contribution is 6.32. The van der Waals surface area contributed by atoms with Crippen LogP contribution < -0.4 is 19.5 Å². The Hall–Kier alpha value is -3.18. The number of halogens is 1. The topological polar surface area (TPSA) is 56.8 Å². The first kappa shape index (κ1) is 16.3. The third kappa shape index (κ3) is 3.30. The van der Waals surface area contributed by atoms with Crippen molar-refractivity contribution in [2.24, 2.45) is 0 Å². The summed E-state index contributed by atoms with van der Waals surface area (Å²) in [7, 11) is 0. The molecule has 6 heteroatoms. The molecule has 1 amide bonds. The molecule has 1 heterocycles. The molecule has 0 bridgehead atoms. The van der Waals surface area contributed by atoms with Gasteiger partial charge in [-0.1, -0.05) is 35.9 Å². The molecule has 0 saturated heterocycles. The maximum Gasteiger partial charge on any atom is 0.255 e. The van der Waals surface area contributed by atoms with Crippen LogP contribution in [-0.4, -0.2) is 12.7 Å². The van der Waals surface area contributed by atoms with Gasteiger partial charge in [0.1, 0.15) is 5.75 Å². The smallest absolute Gasteiger partial charge is 0.255 e. The van der Waals surface area contributed by atoms with Crippen LogP contribution in [0, 0.1) is 0 Å². The molecule has 3 aromatic rings. The van der Waals surface area contributed by atoms with Gasteiger partial charge in [-0.3, -0.25) is 4.79 Å². The minimum absolute atomic E-state index is 0.162. The third-order valence-corrected chi connectivity index (χ3v) is 4.14. The van der Waals surface area contributed by atoms with E-state index in [1.165, 1.54) is 0 Å². The quantitative estimate of drug-likeness (QED) is 0.695. The summed E-state index contributed by atoms with van der Waals surface area (Å²) in [5, 5.41) is 3.34. The van der Waals surface area contributed by atoms with Crippen molar-refractivity contribution < 1.29 is 19.0 Å². The molecule has 0 saturated carbocycles. The van der Waals surface area contributed by atoms with Crippen LogP contribution in [-0.2, 0) is 0 Å². The van der Waals surface area contributed by atoms with E-state index in [2.05, 4.69) is 5.32 Å². The summed E-state index contributed by atoms with van der Waals surface area (Å²) in [6.45, 7) is 0.162. The van der Waals surface area contributed by atoms with Gasteiger partial charge >= 0.3 is 0 Å². The molecule has 0 atom stereocenters. The van der Waals surface area contributed by atoms with E-state index in [4.69, 9.17) is 25.8 Å². The van der Waals surface area contributed by atoms with Crippen molar-refractivity contribution in [2.45, 2.75) is 0 Å². The van der Waals surface area contributed by atoms with E-state index in [1.54, 1.807) is 42.5 Å². The second kappa shape index (κ2) is 6.98. The van der Waals surface area contributed by atoms with E-state index in [1.807, 2.05) is 24.3 Å². The summed E-state index contributed by atoms with van der Waals surface area (Å²) < 4.78 is 16.4. The Labute approximate surface area is 155 Å². The van der Waals surface area contributed by atoms with Crippen molar-refractivity contribution in [3.8, 4) is 23.0 Å². The minimum atomic E-state index is -0.279. The molecule has 1 aliphatic heterocycles. The molecular weight excluding hydrogens is 354 g/mol. The average Bonchev–Trinajstić information content (AvgIpc) is 3.13. The lowest BCUT2D eigenvalue weighted by Gasteiger charge is -2.13. The minimum Gasteiger partial charge on any atom is -0.454 e. The van der Waals surface area contributed by atoms with Gasteiger partial charge in [-0.25, -0.2) is 0 Å². The Bertz CT molecular complexity index is 974. The highest BCUT2D eigenvalue weighted by Gasteiger charge is 2.17. The number of anilines is 1. The lowest BCUT2D eigenvalue weighted by Crippen LogP contribution is -2.12. The van der Waals surface area contributed by atoms with Crippen LogP contribution in [0.25, 0.3) is 0 Å². The molecular formula is C20H14ClNO4. The average molecular weight is 368 g/mol. The van der Waals surface area contributed by atoms with Crippen LogP contribution in [0.2, 0.25) is 5.02 Å². The van der Waals surface area contributed by atoms with Crippen molar-refractivity contribution in [3.05, 3.63) is 77.3 Å². The van der Waals surface area contributed by atoms with Crippen molar-refractivity contribution in [1.82, 2.24) is 0 Å². The lowest BCUT2D eigenvalue weighted by molar-refractivity contribution is 0.102. The van der Waals surface area contributed by atoms with Gasteiger partial charge in [0.05, 0.1) is 10.7 Å². The number of hydrogen-bond donors (Lipinski definition) is 1. The van der Waals surface area contributed by atoms with Crippen molar-refractivity contribution in [2.75, 3.05) is 12.1 Å². The van der Waals surface area contributed by atoms with Gasteiger partial charge in [0.25, 0.3) is 5.91 Å². The molecule has 1 aliphatic rings. The first-order valence-electron chi connectivity index (χ1n) is 7.93. The van der Waals surface area contributed by atoms with E-state index >= 15 is 0 Å². The van der Waals surface area contributed by atoms with Gasteiger partial charge < -0.3 is 19.5 Å². The Kier molecular flexibility index (Phi) is 4.37. The number of hydrogen-bond acceptors (Lipinski definition) is 4. The van der Waals surface area contributed by atoms with E-state index < -0.39 is 0 Å². The normalized spacial score (nSPS) is 11.9. The summed E-state index contributed by atoms with van der Waals surface area (Å²) in [6, 6.07) is 19.4. The Balaban J connectivity index is 1.57. The van der Waals surface area contributed by atoms with E-state index in [0.717, 1.165) is 0 Å². The number of carbonyl (C=O) groups excluding carboxylic acids is 1. The van der Waals surface area contributed by atoms with Gasteiger partial charge in [0.15, 0.2) is 17.2 Å². The molecule has 0 spiro atoms. The zero-order chi connectivity index (χ0) is 17.9. The Morgan fingerprint density at radius 1 is 0.923 bits per heavy atom. The van der Waals surface area contributed by atoms with Crippen molar-refractivity contribution >= 4 is 23.2 Å². The van der Waals surface area contributed by atoms with Gasteiger partial charge in [-0.05, 0) is 42.5 Å². The molecule has 1 N–H and O–H groups in total. The maximum atomic E-state index is 12.6. The van der Waals surface area contributed by atoms with Gasteiger partial charge in [-0.15, -0.1) is 0 Å². The van der Waals surface area contributed by atoms with E-state index in [-0.39, 0.29) is 12.7 Å². The second-order valence-corrected chi connectivity index (χ2v) is 5.96. The molecule has 0 unspecified atom stereocenters. The number of nitrogens with one attached hydrogen (secondary N) is 1. The molecule has 0 radical (unpaired) electrons. The summed E-state index contributed by atoms with van der Waals surface area (Å²) in [6.07, 6.45) is 0. The van der Waals surface area contributed by atoms with Crippen LogP contribution >= 0.6 is 11.6 Å². The van der Waals surface area contributed by atoms with Crippen LogP contribution in [0.3, 0.4) is 0 Å². The number of fused-ring (bicyclic) bond motifs is 1. The maximum absolute atomic E-state index is 12.6. The monoisotopic (exact) mass is 367 g/mol. The summed E-state index contributed by atoms with van der Waals surface area (Å²) in [5.41, 5.74) is 0.997. The Morgan fingerprint density at radius 3 is 2.50 bits per heavy atom. The SMILES string of the molecule is O=C(Nc1ccccc1Oc1ccccc1Cl)c1ccc2c(c1)OCO2. The molecule has 0 aromatic heterocycles. The van der Waals surface area contributed by atoms with Crippen molar-refractivity contribution in [1.29, 1.82) is 0 Å². The second-order valence-electron chi connectivity index (χ2n) is 5.55. The third-order valence-electron chi connectivity index (χ3n) is 3.83. The molecule has 5 nitrogen and oxygen atoms in total. The van der Waals surface area contributed by atoms with Crippen LogP contribution in [0.5, 0.6) is 23.0 Å².